The normalized spacial score (nSPS) is 24.7. The highest BCUT2D eigenvalue weighted by molar-refractivity contribution is 5.61. The highest BCUT2D eigenvalue weighted by Gasteiger charge is 2.49. The summed E-state index contributed by atoms with van der Waals surface area (Å²) in [4.78, 5) is 4.36. The predicted octanol–water partition coefficient (Wildman–Crippen LogP) is 2.33. The minimum atomic E-state index is -0.397. The molecule has 90 valence electrons. The summed E-state index contributed by atoms with van der Waals surface area (Å²) in [6.07, 6.45) is 5.06. The Morgan fingerprint density at radius 2 is 2.35 bits per heavy atom. The third-order valence-corrected chi connectivity index (χ3v) is 3.94. The standard InChI is InChI=1S/C14H17NO2/c1-9(2)11-6-10-7-12(16)14(4-3-5-14)17-13(10)15-8-11/h6,8,12,16H,1,3-5,7H2,2H3/t12-/m0/s1. The van der Waals surface area contributed by atoms with E-state index in [9.17, 15) is 5.11 Å². The van der Waals surface area contributed by atoms with E-state index >= 15 is 0 Å². The van der Waals surface area contributed by atoms with Crippen LogP contribution in [0.5, 0.6) is 5.88 Å². The van der Waals surface area contributed by atoms with Crippen LogP contribution in [-0.2, 0) is 6.42 Å². The van der Waals surface area contributed by atoms with Gasteiger partial charge in [-0.25, -0.2) is 4.98 Å². The van der Waals surface area contributed by atoms with E-state index in [1.54, 1.807) is 6.20 Å². The van der Waals surface area contributed by atoms with Gasteiger partial charge >= 0.3 is 0 Å². The number of hydrogen-bond acceptors (Lipinski definition) is 3. The van der Waals surface area contributed by atoms with E-state index in [1.165, 1.54) is 0 Å². The van der Waals surface area contributed by atoms with Gasteiger partial charge in [-0.2, -0.15) is 0 Å². The van der Waals surface area contributed by atoms with Crippen molar-refractivity contribution in [1.82, 2.24) is 4.98 Å². The molecule has 1 spiro atoms. The van der Waals surface area contributed by atoms with Crippen LogP contribution in [0, 0.1) is 0 Å². The van der Waals surface area contributed by atoms with Crippen molar-refractivity contribution in [2.75, 3.05) is 0 Å². The van der Waals surface area contributed by atoms with Crippen molar-refractivity contribution in [2.45, 2.75) is 44.3 Å². The van der Waals surface area contributed by atoms with Crippen molar-refractivity contribution in [3.05, 3.63) is 30.0 Å². The Labute approximate surface area is 101 Å². The van der Waals surface area contributed by atoms with Crippen molar-refractivity contribution in [2.24, 2.45) is 0 Å². The molecule has 3 rings (SSSR count). The summed E-state index contributed by atoms with van der Waals surface area (Å²) in [6, 6.07) is 2.03. The molecular weight excluding hydrogens is 214 g/mol. The lowest BCUT2D eigenvalue weighted by Gasteiger charge is -2.47. The quantitative estimate of drug-likeness (QED) is 0.806. The SMILES string of the molecule is C=C(C)c1cnc2c(c1)C[C@H](O)C1(CCC1)O2. The molecule has 0 bridgehead atoms. The van der Waals surface area contributed by atoms with E-state index in [0.29, 0.717) is 12.3 Å². The van der Waals surface area contributed by atoms with Gasteiger partial charge in [0, 0.05) is 18.2 Å². The third kappa shape index (κ3) is 1.57. The van der Waals surface area contributed by atoms with Crippen molar-refractivity contribution in [3.8, 4) is 5.88 Å². The zero-order chi connectivity index (χ0) is 12.0. The number of nitrogens with zero attached hydrogens (tertiary/aromatic N) is 1. The average Bonchev–Trinajstić information content (AvgIpc) is 2.25. The van der Waals surface area contributed by atoms with Gasteiger partial charge in [-0.05, 0) is 43.4 Å². The molecule has 2 aliphatic rings. The molecule has 1 aromatic rings. The van der Waals surface area contributed by atoms with Crippen LogP contribution < -0.4 is 4.74 Å². The largest absolute Gasteiger partial charge is 0.468 e. The third-order valence-electron chi connectivity index (χ3n) is 3.94. The summed E-state index contributed by atoms with van der Waals surface area (Å²) in [6.45, 7) is 5.86. The number of aromatic nitrogens is 1. The molecule has 3 nitrogen and oxygen atoms in total. The molecule has 1 aliphatic carbocycles. The Bertz CT molecular complexity index is 477. The summed E-state index contributed by atoms with van der Waals surface area (Å²) >= 11 is 0. The highest BCUT2D eigenvalue weighted by atomic mass is 16.5. The Hall–Kier alpha value is -1.35. The molecule has 0 saturated heterocycles. The van der Waals surface area contributed by atoms with Crippen molar-refractivity contribution < 1.29 is 9.84 Å². The summed E-state index contributed by atoms with van der Waals surface area (Å²) in [5.41, 5.74) is 2.66. The molecule has 0 amide bonds. The Kier molecular flexibility index (Phi) is 2.26. The van der Waals surface area contributed by atoms with Gasteiger partial charge in [0.25, 0.3) is 0 Å². The summed E-state index contributed by atoms with van der Waals surface area (Å²) in [5, 5.41) is 10.2. The van der Waals surface area contributed by atoms with E-state index in [4.69, 9.17) is 4.74 Å². The van der Waals surface area contributed by atoms with Crippen LogP contribution in [0.25, 0.3) is 5.57 Å². The van der Waals surface area contributed by atoms with Gasteiger partial charge in [-0.1, -0.05) is 6.58 Å². The maximum absolute atomic E-state index is 10.2. The molecule has 0 radical (unpaired) electrons. The second-order valence-corrected chi connectivity index (χ2v) is 5.21. The number of allylic oxidation sites excluding steroid dienone is 1. The van der Waals surface area contributed by atoms with E-state index in [0.717, 1.165) is 36.0 Å². The summed E-state index contributed by atoms with van der Waals surface area (Å²) in [5.74, 6) is 0.694. The minimum absolute atomic E-state index is 0.343. The molecule has 1 atom stereocenters. The number of aliphatic hydroxyl groups excluding tert-OH is 1. The molecule has 1 N–H and O–H groups in total. The molecule has 1 aromatic heterocycles. The van der Waals surface area contributed by atoms with E-state index in [2.05, 4.69) is 11.6 Å². The Morgan fingerprint density at radius 1 is 1.59 bits per heavy atom. The fraction of sp³-hybridized carbons (Fsp3) is 0.500. The zero-order valence-electron chi connectivity index (χ0n) is 10.1. The molecule has 17 heavy (non-hydrogen) atoms. The minimum Gasteiger partial charge on any atom is -0.468 e. The maximum atomic E-state index is 10.2. The number of rotatable bonds is 1. The highest BCUT2D eigenvalue weighted by Crippen LogP contribution is 2.44. The van der Waals surface area contributed by atoms with E-state index < -0.39 is 6.10 Å². The molecule has 3 heteroatoms. The van der Waals surface area contributed by atoms with Gasteiger partial charge in [0.2, 0.25) is 5.88 Å². The second-order valence-electron chi connectivity index (χ2n) is 5.21. The van der Waals surface area contributed by atoms with Crippen molar-refractivity contribution in [3.63, 3.8) is 0 Å². The zero-order valence-corrected chi connectivity index (χ0v) is 10.1. The maximum Gasteiger partial charge on any atom is 0.217 e. The second kappa shape index (κ2) is 3.57. The number of ether oxygens (including phenoxy) is 1. The molecule has 1 fully saturated rings. The lowest BCUT2D eigenvalue weighted by Crippen LogP contribution is -2.56. The Balaban J connectivity index is 1.96. The summed E-state index contributed by atoms with van der Waals surface area (Å²) in [7, 11) is 0. The average molecular weight is 231 g/mol. The number of fused-ring (bicyclic) bond motifs is 1. The van der Waals surface area contributed by atoms with Gasteiger partial charge in [-0.15, -0.1) is 0 Å². The van der Waals surface area contributed by atoms with Crippen LogP contribution in [0.2, 0.25) is 0 Å². The lowest BCUT2D eigenvalue weighted by atomic mass is 9.73. The van der Waals surface area contributed by atoms with E-state index in [-0.39, 0.29) is 5.60 Å². The first-order chi connectivity index (χ1) is 8.11. The van der Waals surface area contributed by atoms with Crippen LogP contribution in [0.4, 0.5) is 0 Å². The van der Waals surface area contributed by atoms with Crippen molar-refractivity contribution in [1.29, 1.82) is 0 Å². The van der Waals surface area contributed by atoms with Gasteiger partial charge in [-0.3, -0.25) is 0 Å². The number of aliphatic hydroxyl groups is 1. The predicted molar refractivity (Wildman–Crippen MR) is 65.9 cm³/mol. The topological polar surface area (TPSA) is 42.4 Å². The molecule has 1 aliphatic heterocycles. The first-order valence-corrected chi connectivity index (χ1v) is 6.13. The first-order valence-electron chi connectivity index (χ1n) is 6.13. The van der Waals surface area contributed by atoms with Crippen LogP contribution >= 0.6 is 0 Å². The molecule has 2 heterocycles. The van der Waals surface area contributed by atoms with Gasteiger partial charge in [0.1, 0.15) is 5.60 Å². The fourth-order valence-corrected chi connectivity index (χ4v) is 2.58. The molecule has 0 unspecified atom stereocenters. The molecular formula is C14H17NO2. The Morgan fingerprint density at radius 3 is 2.94 bits per heavy atom. The van der Waals surface area contributed by atoms with Gasteiger partial charge in [0.05, 0.1) is 6.10 Å². The van der Waals surface area contributed by atoms with Crippen LogP contribution in [0.1, 0.15) is 37.3 Å². The van der Waals surface area contributed by atoms with Gasteiger partial charge < -0.3 is 9.84 Å². The number of hydrogen-bond donors (Lipinski definition) is 1. The van der Waals surface area contributed by atoms with E-state index in [1.807, 2.05) is 13.0 Å². The molecule has 0 aromatic carbocycles. The first kappa shape index (κ1) is 10.8. The molecule has 1 saturated carbocycles. The van der Waals surface area contributed by atoms with Crippen LogP contribution in [-0.4, -0.2) is 21.8 Å². The van der Waals surface area contributed by atoms with Gasteiger partial charge in [0.15, 0.2) is 0 Å². The smallest absolute Gasteiger partial charge is 0.217 e. The number of pyridine rings is 1. The van der Waals surface area contributed by atoms with Crippen molar-refractivity contribution >= 4 is 5.57 Å². The fourth-order valence-electron chi connectivity index (χ4n) is 2.58. The summed E-state index contributed by atoms with van der Waals surface area (Å²) < 4.78 is 5.91. The van der Waals surface area contributed by atoms with Crippen LogP contribution in [0.3, 0.4) is 0 Å². The van der Waals surface area contributed by atoms with Crippen LogP contribution in [0.15, 0.2) is 18.8 Å². The lowest BCUT2D eigenvalue weighted by molar-refractivity contribution is -0.118. The monoisotopic (exact) mass is 231 g/mol.